The van der Waals surface area contributed by atoms with E-state index < -0.39 is 12.0 Å². The minimum absolute atomic E-state index is 0.180. The van der Waals surface area contributed by atoms with Gasteiger partial charge in [0.2, 0.25) is 0 Å². The van der Waals surface area contributed by atoms with Crippen molar-refractivity contribution >= 4 is 11.8 Å². The molecule has 0 unspecified atom stereocenters. The molecule has 6 heteroatoms. The average Bonchev–Trinajstić information content (AvgIpc) is 2.97. The number of ether oxygens (including phenoxy) is 3. The third-order valence-electron chi connectivity index (χ3n) is 6.18. The number of carbonyl (C=O) groups excluding carboxylic acids is 2. The van der Waals surface area contributed by atoms with Gasteiger partial charge < -0.3 is 14.2 Å². The van der Waals surface area contributed by atoms with Crippen LogP contribution in [0.2, 0.25) is 0 Å². The van der Waals surface area contributed by atoms with E-state index in [1.54, 1.807) is 37.1 Å². The number of hydrogen-bond donors (Lipinski definition) is 0. The minimum Gasteiger partial charge on any atom is -0.485 e. The summed E-state index contributed by atoms with van der Waals surface area (Å²) in [6.07, 6.45) is 0. The molecule has 0 heterocycles. The van der Waals surface area contributed by atoms with Crippen LogP contribution >= 0.6 is 0 Å². The van der Waals surface area contributed by atoms with Gasteiger partial charge in [0.1, 0.15) is 13.2 Å². The van der Waals surface area contributed by atoms with Gasteiger partial charge in [-0.2, -0.15) is 0 Å². The molecule has 0 bridgehead atoms. The summed E-state index contributed by atoms with van der Waals surface area (Å²) in [6.45, 7) is 2.96. The van der Waals surface area contributed by atoms with E-state index in [4.69, 9.17) is 14.2 Å². The normalized spacial score (nSPS) is 11.6. The van der Waals surface area contributed by atoms with Gasteiger partial charge >= 0.3 is 5.97 Å². The zero-order chi connectivity index (χ0) is 27.5. The van der Waals surface area contributed by atoms with E-state index in [9.17, 15) is 9.59 Å². The van der Waals surface area contributed by atoms with Crippen LogP contribution in [0.15, 0.2) is 109 Å². The fraction of sp³-hybridized carbons (Fsp3) is 0.212. The molecule has 0 aliphatic rings. The molecule has 0 N–H and O–H groups in total. The van der Waals surface area contributed by atoms with Gasteiger partial charge in [0.15, 0.2) is 23.3 Å². The second-order valence-electron chi connectivity index (χ2n) is 9.13. The molecule has 0 spiro atoms. The van der Waals surface area contributed by atoms with Gasteiger partial charge in [-0.05, 0) is 48.9 Å². The van der Waals surface area contributed by atoms with Gasteiger partial charge in [-0.1, -0.05) is 91.0 Å². The number of hydrogen-bond acceptors (Lipinski definition) is 6. The molecule has 200 valence electrons. The lowest BCUT2D eigenvalue weighted by atomic mass is 10.0. The average molecular weight is 524 g/mol. The second-order valence-corrected chi connectivity index (χ2v) is 9.13. The molecule has 0 amide bonds. The molecule has 4 aromatic carbocycles. The SMILES string of the molecule is CCOC(=O)[C@H](C(=O)c1ccc(OCc2ccccc2)c(OCc2ccccc2)c1)N(C)Cc1ccccc1. The highest BCUT2D eigenvalue weighted by Crippen LogP contribution is 2.31. The molecule has 1 atom stereocenters. The molecular weight excluding hydrogens is 490 g/mol. The maximum absolute atomic E-state index is 13.8. The van der Waals surface area contributed by atoms with Crippen molar-refractivity contribution in [2.75, 3.05) is 13.7 Å². The van der Waals surface area contributed by atoms with Crippen molar-refractivity contribution in [3.8, 4) is 11.5 Å². The summed E-state index contributed by atoms with van der Waals surface area (Å²) in [4.78, 5) is 28.5. The van der Waals surface area contributed by atoms with Gasteiger partial charge in [-0.3, -0.25) is 9.69 Å². The molecule has 0 fully saturated rings. The molecule has 0 aromatic heterocycles. The molecular formula is C33H33NO5. The van der Waals surface area contributed by atoms with E-state index in [1.807, 2.05) is 91.0 Å². The van der Waals surface area contributed by atoms with Crippen molar-refractivity contribution in [1.29, 1.82) is 0 Å². The van der Waals surface area contributed by atoms with Crippen LogP contribution in [0.4, 0.5) is 0 Å². The maximum Gasteiger partial charge on any atom is 0.331 e. The van der Waals surface area contributed by atoms with Crippen LogP contribution in [0.1, 0.15) is 34.0 Å². The Balaban J connectivity index is 1.60. The molecule has 0 saturated heterocycles. The molecule has 4 aromatic rings. The van der Waals surface area contributed by atoms with Gasteiger partial charge in [0.05, 0.1) is 6.61 Å². The summed E-state index contributed by atoms with van der Waals surface area (Å²) in [5.74, 6) is -0.0197. The van der Waals surface area contributed by atoms with Crippen molar-refractivity contribution in [1.82, 2.24) is 4.90 Å². The van der Waals surface area contributed by atoms with Crippen LogP contribution in [0.5, 0.6) is 11.5 Å². The van der Waals surface area contributed by atoms with E-state index in [2.05, 4.69) is 0 Å². The third kappa shape index (κ3) is 7.79. The van der Waals surface area contributed by atoms with E-state index in [0.29, 0.717) is 36.8 Å². The largest absolute Gasteiger partial charge is 0.485 e. The maximum atomic E-state index is 13.8. The Morgan fingerprint density at radius 2 is 1.21 bits per heavy atom. The Hall–Kier alpha value is -4.42. The lowest BCUT2D eigenvalue weighted by Crippen LogP contribution is -2.45. The van der Waals surface area contributed by atoms with Gasteiger partial charge in [-0.25, -0.2) is 4.79 Å². The molecule has 0 aliphatic heterocycles. The summed E-state index contributed by atoms with van der Waals surface area (Å²) >= 11 is 0. The predicted molar refractivity (Wildman–Crippen MR) is 151 cm³/mol. The molecule has 6 nitrogen and oxygen atoms in total. The highest BCUT2D eigenvalue weighted by atomic mass is 16.5. The first kappa shape index (κ1) is 27.6. The number of rotatable bonds is 13. The Morgan fingerprint density at radius 1 is 0.692 bits per heavy atom. The van der Waals surface area contributed by atoms with Crippen molar-refractivity contribution in [3.63, 3.8) is 0 Å². The zero-order valence-corrected chi connectivity index (χ0v) is 22.3. The fourth-order valence-electron chi connectivity index (χ4n) is 4.19. The van der Waals surface area contributed by atoms with Crippen molar-refractivity contribution in [2.24, 2.45) is 0 Å². The first-order chi connectivity index (χ1) is 19.0. The number of carbonyl (C=O) groups is 2. The van der Waals surface area contributed by atoms with Crippen molar-refractivity contribution < 1.29 is 23.8 Å². The Bertz CT molecular complexity index is 1340. The summed E-state index contributed by atoms with van der Waals surface area (Å²) < 4.78 is 17.5. The monoisotopic (exact) mass is 523 g/mol. The Morgan fingerprint density at radius 3 is 1.74 bits per heavy atom. The number of nitrogens with zero attached hydrogens (tertiary/aromatic N) is 1. The van der Waals surface area contributed by atoms with Crippen LogP contribution < -0.4 is 9.47 Å². The van der Waals surface area contributed by atoms with Gasteiger partial charge in [-0.15, -0.1) is 0 Å². The lowest BCUT2D eigenvalue weighted by molar-refractivity contribution is -0.147. The number of Topliss-reactive ketones (excluding diaryl/α,β-unsaturated/α-hetero) is 1. The second kappa shape index (κ2) is 13.9. The quantitative estimate of drug-likeness (QED) is 0.120. The van der Waals surface area contributed by atoms with Crippen molar-refractivity contribution in [2.45, 2.75) is 32.7 Å². The summed E-state index contributed by atoms with van der Waals surface area (Å²) in [5, 5.41) is 0. The van der Waals surface area contributed by atoms with E-state index >= 15 is 0 Å². The van der Waals surface area contributed by atoms with Crippen LogP contribution in [0.25, 0.3) is 0 Å². The summed E-state index contributed by atoms with van der Waals surface area (Å²) in [5.41, 5.74) is 3.31. The first-order valence-electron chi connectivity index (χ1n) is 13.0. The van der Waals surface area contributed by atoms with Gasteiger partial charge in [0.25, 0.3) is 0 Å². The molecule has 0 radical (unpaired) electrons. The highest BCUT2D eigenvalue weighted by molar-refractivity contribution is 6.12. The Labute approximate surface area is 229 Å². The summed E-state index contributed by atoms with van der Waals surface area (Å²) in [6, 6.07) is 33.2. The molecule has 0 saturated carbocycles. The van der Waals surface area contributed by atoms with Crippen LogP contribution in [-0.4, -0.2) is 36.3 Å². The van der Waals surface area contributed by atoms with E-state index in [-0.39, 0.29) is 12.4 Å². The number of esters is 1. The fourth-order valence-corrected chi connectivity index (χ4v) is 4.19. The third-order valence-corrected chi connectivity index (χ3v) is 6.18. The Kier molecular flexibility index (Phi) is 9.86. The first-order valence-corrected chi connectivity index (χ1v) is 13.0. The minimum atomic E-state index is -1.11. The van der Waals surface area contributed by atoms with Crippen LogP contribution in [0, 0.1) is 0 Å². The number of ketones is 1. The van der Waals surface area contributed by atoms with Crippen LogP contribution in [-0.2, 0) is 29.3 Å². The topological polar surface area (TPSA) is 65.1 Å². The smallest absolute Gasteiger partial charge is 0.331 e. The standard InChI is InChI=1S/C33H33NO5/c1-3-37-33(36)31(34(2)22-25-13-7-4-8-14-25)32(35)28-19-20-29(38-23-26-15-9-5-10-16-26)30(21-28)39-24-27-17-11-6-12-18-27/h4-21,31H,3,22-24H2,1-2H3/t31-/m0/s1. The summed E-state index contributed by atoms with van der Waals surface area (Å²) in [7, 11) is 1.75. The number of benzene rings is 4. The van der Waals surface area contributed by atoms with Crippen LogP contribution in [0.3, 0.4) is 0 Å². The molecule has 39 heavy (non-hydrogen) atoms. The zero-order valence-electron chi connectivity index (χ0n) is 22.3. The lowest BCUT2D eigenvalue weighted by Gasteiger charge is -2.25. The number of likely N-dealkylation sites (N-methyl/N-ethyl adjacent to an activating group) is 1. The van der Waals surface area contributed by atoms with E-state index in [0.717, 1.165) is 16.7 Å². The van der Waals surface area contributed by atoms with Crippen molar-refractivity contribution in [3.05, 3.63) is 131 Å². The van der Waals surface area contributed by atoms with Gasteiger partial charge in [0, 0.05) is 12.1 Å². The highest BCUT2D eigenvalue weighted by Gasteiger charge is 2.33. The molecule has 4 rings (SSSR count). The predicted octanol–water partition coefficient (Wildman–Crippen LogP) is 6.09. The molecule has 0 aliphatic carbocycles. The van der Waals surface area contributed by atoms with E-state index in [1.165, 1.54) is 0 Å².